The molecule has 3 nitrogen and oxygen atoms in total. The number of terminal acetylenes is 1. The molecule has 2 fully saturated rings. The topological polar surface area (TPSA) is 38.8 Å². The van der Waals surface area contributed by atoms with E-state index in [-0.39, 0.29) is 16.8 Å². The van der Waals surface area contributed by atoms with Gasteiger partial charge in [-0.3, -0.25) is 4.79 Å². The van der Waals surface area contributed by atoms with Crippen LogP contribution in [0.1, 0.15) is 74.1 Å². The highest BCUT2D eigenvalue weighted by molar-refractivity contribution is 5.77. The fraction of sp³-hybridized carbons (Fsp3) is 0.857. The smallest absolute Gasteiger partial charge is 0.312 e. The van der Waals surface area contributed by atoms with E-state index in [1.165, 1.54) is 0 Å². The predicted octanol–water partition coefficient (Wildman–Crippen LogP) is 4.84. The summed E-state index contributed by atoms with van der Waals surface area (Å²) in [5, 5.41) is 0. The van der Waals surface area contributed by atoms with E-state index in [1.807, 2.05) is 0 Å². The molecule has 1 aliphatic carbocycles. The molecule has 0 bridgehead atoms. The molecule has 1 heterocycles. The van der Waals surface area contributed by atoms with Crippen LogP contribution in [0.15, 0.2) is 0 Å². The normalized spacial score (nSPS) is 28.6. The van der Waals surface area contributed by atoms with E-state index in [1.54, 1.807) is 0 Å². The lowest BCUT2D eigenvalue weighted by molar-refractivity contribution is -0.166. The Kier molecular flexibility index (Phi) is 6.56. The van der Waals surface area contributed by atoms with Gasteiger partial charge < -0.3 is 9.47 Å². The largest absolute Gasteiger partial charge is 0.465 e. The van der Waals surface area contributed by atoms with Crippen molar-refractivity contribution < 1.29 is 14.3 Å². The maximum Gasteiger partial charge on any atom is 0.312 e. The molecule has 0 radical (unpaired) electrons. The monoisotopic (exact) mass is 336 g/mol. The van der Waals surface area contributed by atoms with Crippen molar-refractivity contribution in [3.8, 4) is 12.8 Å². The Morgan fingerprint density at radius 1 is 1.04 bits per heavy atom. The minimum absolute atomic E-state index is 0.0336. The van der Waals surface area contributed by atoms with E-state index in [0.717, 1.165) is 25.7 Å². The molecule has 138 valence electrons. The highest BCUT2D eigenvalue weighted by atomic mass is 16.6. The molecule has 2 aliphatic rings. The standard InChI is InChI=1S/C19H34O3.C2H2/c1-17(2,3)12-19(7,18(4,5)6)16(20)21-11-13-8-9-14-15(10-13)22-14;1-2/h13-15H,8-12H2,1-7H3;1-2H. The van der Waals surface area contributed by atoms with Gasteiger partial charge in [-0.15, -0.1) is 12.8 Å². The molecule has 1 saturated heterocycles. The van der Waals surface area contributed by atoms with Crippen LogP contribution < -0.4 is 0 Å². The summed E-state index contributed by atoms with van der Waals surface area (Å²) in [5.41, 5.74) is -0.478. The third-order valence-electron chi connectivity index (χ3n) is 5.55. The van der Waals surface area contributed by atoms with Gasteiger partial charge in [0.15, 0.2) is 0 Å². The summed E-state index contributed by atoms with van der Waals surface area (Å²) in [5.74, 6) is 0.445. The van der Waals surface area contributed by atoms with Gasteiger partial charge in [0.1, 0.15) is 0 Å². The van der Waals surface area contributed by atoms with Crippen molar-refractivity contribution in [2.24, 2.45) is 22.2 Å². The van der Waals surface area contributed by atoms with Crippen molar-refractivity contribution in [2.75, 3.05) is 6.61 Å². The number of carbonyl (C=O) groups is 1. The lowest BCUT2D eigenvalue weighted by Gasteiger charge is -2.43. The van der Waals surface area contributed by atoms with Crippen LogP contribution in [0.25, 0.3) is 0 Å². The van der Waals surface area contributed by atoms with Crippen LogP contribution in [-0.2, 0) is 14.3 Å². The summed E-state index contributed by atoms with van der Waals surface area (Å²) in [6.07, 6.45) is 13.1. The Balaban J connectivity index is 0.00000139. The molecule has 24 heavy (non-hydrogen) atoms. The first kappa shape index (κ1) is 21.0. The van der Waals surface area contributed by atoms with Gasteiger partial charge in [0.05, 0.1) is 24.2 Å². The van der Waals surface area contributed by atoms with E-state index >= 15 is 0 Å². The minimum Gasteiger partial charge on any atom is -0.465 e. The summed E-state index contributed by atoms with van der Waals surface area (Å²) in [6, 6.07) is 0. The van der Waals surface area contributed by atoms with E-state index in [0.29, 0.717) is 24.7 Å². The number of rotatable bonds is 4. The summed E-state index contributed by atoms with van der Waals surface area (Å²) in [4.78, 5) is 12.9. The fourth-order valence-corrected chi connectivity index (χ4v) is 3.70. The molecule has 2 rings (SSSR count). The van der Waals surface area contributed by atoms with Crippen LogP contribution >= 0.6 is 0 Å². The number of hydrogen-bond acceptors (Lipinski definition) is 3. The van der Waals surface area contributed by atoms with Crippen LogP contribution in [0.5, 0.6) is 0 Å². The second-order valence-corrected chi connectivity index (χ2v) is 9.81. The number of carbonyl (C=O) groups excluding carboxylic acids is 1. The number of ether oxygens (including phenoxy) is 2. The van der Waals surface area contributed by atoms with Gasteiger partial charge in [-0.05, 0) is 49.4 Å². The molecule has 3 heteroatoms. The Hall–Kier alpha value is -1.01. The van der Waals surface area contributed by atoms with Crippen molar-refractivity contribution in [1.82, 2.24) is 0 Å². The van der Waals surface area contributed by atoms with Gasteiger partial charge in [-0.2, -0.15) is 0 Å². The Bertz CT molecular complexity index is 452. The lowest BCUT2D eigenvalue weighted by atomic mass is 9.61. The zero-order valence-corrected chi connectivity index (χ0v) is 16.6. The fourth-order valence-electron chi connectivity index (χ4n) is 3.70. The Morgan fingerprint density at radius 3 is 2.08 bits per heavy atom. The van der Waals surface area contributed by atoms with Gasteiger partial charge in [0, 0.05) is 0 Å². The SMILES string of the molecule is C#C.CC(C)(C)CC(C)(C(=O)OCC1CCC2OC2C1)C(C)(C)C. The average Bonchev–Trinajstić information content (AvgIpc) is 3.22. The molecule has 0 amide bonds. The van der Waals surface area contributed by atoms with Gasteiger partial charge >= 0.3 is 5.97 Å². The van der Waals surface area contributed by atoms with Crippen molar-refractivity contribution in [2.45, 2.75) is 86.4 Å². The molecule has 0 aromatic carbocycles. The summed E-state index contributed by atoms with van der Waals surface area (Å²) in [7, 11) is 0. The van der Waals surface area contributed by atoms with Crippen LogP contribution in [-0.4, -0.2) is 24.8 Å². The molecular formula is C21H36O3. The van der Waals surface area contributed by atoms with Gasteiger partial charge in [-0.1, -0.05) is 41.5 Å². The van der Waals surface area contributed by atoms with Crippen LogP contribution in [0.2, 0.25) is 0 Å². The van der Waals surface area contributed by atoms with Gasteiger partial charge in [0.25, 0.3) is 0 Å². The predicted molar refractivity (Wildman–Crippen MR) is 98.5 cm³/mol. The van der Waals surface area contributed by atoms with Crippen molar-refractivity contribution in [3.05, 3.63) is 0 Å². The van der Waals surface area contributed by atoms with Gasteiger partial charge in [-0.25, -0.2) is 0 Å². The second kappa shape index (κ2) is 7.48. The highest BCUT2D eigenvalue weighted by Gasteiger charge is 2.48. The first-order valence-corrected chi connectivity index (χ1v) is 9.08. The average molecular weight is 337 g/mol. The van der Waals surface area contributed by atoms with Crippen LogP contribution in [0, 0.1) is 35.0 Å². The van der Waals surface area contributed by atoms with E-state index in [2.05, 4.69) is 61.3 Å². The second-order valence-electron chi connectivity index (χ2n) is 9.81. The molecule has 1 saturated carbocycles. The van der Waals surface area contributed by atoms with E-state index in [4.69, 9.17) is 9.47 Å². The maximum atomic E-state index is 12.9. The summed E-state index contributed by atoms with van der Waals surface area (Å²) >= 11 is 0. The first-order chi connectivity index (χ1) is 10.9. The van der Waals surface area contributed by atoms with Crippen LogP contribution in [0.3, 0.4) is 0 Å². The van der Waals surface area contributed by atoms with E-state index in [9.17, 15) is 4.79 Å². The van der Waals surface area contributed by atoms with Crippen molar-refractivity contribution >= 4 is 5.97 Å². The number of fused-ring (bicyclic) bond motifs is 1. The third-order valence-corrected chi connectivity index (χ3v) is 5.55. The molecule has 0 aromatic rings. The zero-order chi connectivity index (χ0) is 18.8. The third kappa shape index (κ3) is 5.24. The zero-order valence-electron chi connectivity index (χ0n) is 16.6. The highest BCUT2D eigenvalue weighted by Crippen LogP contribution is 2.47. The molecule has 4 atom stereocenters. The number of esters is 1. The van der Waals surface area contributed by atoms with E-state index < -0.39 is 5.41 Å². The molecule has 0 N–H and O–H groups in total. The molecule has 4 unspecified atom stereocenters. The maximum absolute atomic E-state index is 12.9. The summed E-state index contributed by atoms with van der Waals surface area (Å²) in [6.45, 7) is 15.6. The van der Waals surface area contributed by atoms with Gasteiger partial charge in [0.2, 0.25) is 0 Å². The van der Waals surface area contributed by atoms with Crippen molar-refractivity contribution in [3.63, 3.8) is 0 Å². The number of epoxide rings is 1. The minimum atomic E-state index is -0.460. The van der Waals surface area contributed by atoms with Crippen molar-refractivity contribution in [1.29, 1.82) is 0 Å². The van der Waals surface area contributed by atoms with Crippen LogP contribution in [0.4, 0.5) is 0 Å². The Labute approximate surface area is 148 Å². The number of hydrogen-bond donors (Lipinski definition) is 0. The molecular weight excluding hydrogens is 300 g/mol. The Morgan fingerprint density at radius 2 is 1.62 bits per heavy atom. The quantitative estimate of drug-likeness (QED) is 0.419. The first-order valence-electron chi connectivity index (χ1n) is 9.08. The summed E-state index contributed by atoms with van der Waals surface area (Å²) < 4.78 is 11.4. The molecule has 0 aromatic heterocycles. The molecule has 0 spiro atoms. The molecule has 1 aliphatic heterocycles. The lowest BCUT2D eigenvalue weighted by Crippen LogP contribution is -2.44.